The number of hydrogen-bond donors (Lipinski definition) is 2. The molecule has 2 N–H and O–H groups in total. The van der Waals surface area contributed by atoms with Gasteiger partial charge in [0.15, 0.2) is 0 Å². The molecule has 1 saturated carbocycles. The first-order chi connectivity index (χ1) is 21.9. The van der Waals surface area contributed by atoms with Gasteiger partial charge >= 0.3 is 0 Å². The zero-order valence-corrected chi connectivity index (χ0v) is 27.1. The zero-order chi connectivity index (χ0) is 31.3. The van der Waals surface area contributed by atoms with Crippen LogP contribution in [0.4, 0.5) is 5.69 Å². The molecule has 45 heavy (non-hydrogen) atoms. The Morgan fingerprint density at radius 2 is 1.64 bits per heavy atom. The molecule has 2 saturated heterocycles. The smallest absolute Gasteiger partial charge is 0.253 e. The predicted octanol–water partition coefficient (Wildman–Crippen LogP) is 5.51. The predicted molar refractivity (Wildman–Crippen MR) is 179 cm³/mol. The van der Waals surface area contributed by atoms with E-state index < -0.39 is 0 Å². The van der Waals surface area contributed by atoms with Gasteiger partial charge in [-0.15, -0.1) is 0 Å². The van der Waals surface area contributed by atoms with Crippen molar-refractivity contribution in [3.63, 3.8) is 0 Å². The summed E-state index contributed by atoms with van der Waals surface area (Å²) in [6.07, 6.45) is 5.81. The molecular formula is C37H48N4O4. The van der Waals surface area contributed by atoms with E-state index in [0.29, 0.717) is 23.1 Å². The molecule has 2 aliphatic heterocycles. The molecule has 1 aromatic heterocycles. The molecule has 240 valence electrons. The molecule has 3 aromatic rings. The van der Waals surface area contributed by atoms with E-state index in [4.69, 9.17) is 9.47 Å². The second-order valence-corrected chi connectivity index (χ2v) is 13.2. The first-order valence-electron chi connectivity index (χ1n) is 16.7. The number of nitrogens with one attached hydrogen (secondary N) is 2. The number of benzene rings is 2. The van der Waals surface area contributed by atoms with E-state index >= 15 is 0 Å². The lowest BCUT2D eigenvalue weighted by Crippen LogP contribution is -2.44. The lowest BCUT2D eigenvalue weighted by molar-refractivity contribution is 0.0342. The van der Waals surface area contributed by atoms with Gasteiger partial charge in [-0.05, 0) is 98.4 Å². The largest absolute Gasteiger partial charge is 0.381 e. The zero-order valence-electron chi connectivity index (χ0n) is 27.1. The van der Waals surface area contributed by atoms with Crippen molar-refractivity contribution in [2.45, 2.75) is 72.0 Å². The third kappa shape index (κ3) is 7.51. The minimum Gasteiger partial charge on any atom is -0.381 e. The maximum Gasteiger partial charge on any atom is 0.253 e. The molecule has 8 heteroatoms. The summed E-state index contributed by atoms with van der Waals surface area (Å²) in [5.41, 5.74) is 8.33. The number of ether oxygens (including phenoxy) is 2. The summed E-state index contributed by atoms with van der Waals surface area (Å²) in [7, 11) is 0. The Morgan fingerprint density at radius 1 is 0.933 bits per heavy atom. The summed E-state index contributed by atoms with van der Waals surface area (Å²) in [4.78, 5) is 34.5. The van der Waals surface area contributed by atoms with Crippen molar-refractivity contribution >= 4 is 11.6 Å². The highest BCUT2D eigenvalue weighted by Crippen LogP contribution is 2.37. The third-order valence-electron chi connectivity index (χ3n) is 9.96. The van der Waals surface area contributed by atoms with E-state index in [-0.39, 0.29) is 18.0 Å². The number of anilines is 1. The van der Waals surface area contributed by atoms with Crippen LogP contribution in [0.15, 0.2) is 47.3 Å². The minimum absolute atomic E-state index is 0.151. The number of carbonyl (C=O) groups excluding carboxylic acids is 1. The van der Waals surface area contributed by atoms with E-state index in [1.807, 2.05) is 26.0 Å². The third-order valence-corrected chi connectivity index (χ3v) is 9.96. The fraction of sp³-hybridized carbons (Fsp3) is 0.514. The standard InChI is InChI=1S/C37H48N4O4/c1-25-19-26(2)39-37(43)34(25)22-38-36(42)33-20-31(30-9-7-29(8-10-30)23-40-13-17-45-18-14-40)21-35(27(33)3)41(24-28-5-4-6-28)32-11-15-44-16-12-32/h7-10,19-21,28,32H,4-6,11-18,22-24H2,1-3H3,(H,38,42)(H,39,43). The Bertz CT molecular complexity index is 1530. The number of amides is 1. The highest BCUT2D eigenvalue weighted by atomic mass is 16.5. The number of carbonyl (C=O) groups is 1. The number of nitrogens with zero attached hydrogens (tertiary/aromatic N) is 2. The quantitative estimate of drug-likeness (QED) is 0.314. The molecule has 0 atom stereocenters. The number of pyridine rings is 1. The van der Waals surface area contributed by atoms with Crippen molar-refractivity contribution in [2.75, 3.05) is 51.0 Å². The Labute approximate surface area is 267 Å². The molecule has 1 amide bonds. The van der Waals surface area contributed by atoms with Crippen molar-refractivity contribution in [3.8, 4) is 11.1 Å². The van der Waals surface area contributed by atoms with E-state index in [9.17, 15) is 9.59 Å². The van der Waals surface area contributed by atoms with Gasteiger partial charge in [0, 0.05) is 74.5 Å². The highest BCUT2D eigenvalue weighted by molar-refractivity contribution is 5.99. The molecule has 8 nitrogen and oxygen atoms in total. The number of morpholine rings is 1. The van der Waals surface area contributed by atoms with Crippen LogP contribution < -0.4 is 15.8 Å². The number of aryl methyl sites for hydroxylation is 2. The van der Waals surface area contributed by atoms with Crippen LogP contribution in [0.25, 0.3) is 11.1 Å². The number of aromatic nitrogens is 1. The summed E-state index contributed by atoms with van der Waals surface area (Å²) < 4.78 is 11.3. The van der Waals surface area contributed by atoms with Gasteiger partial charge in [-0.2, -0.15) is 0 Å². The summed E-state index contributed by atoms with van der Waals surface area (Å²) in [5.74, 6) is 0.526. The van der Waals surface area contributed by atoms with Crippen LogP contribution in [0.3, 0.4) is 0 Å². The second kappa shape index (κ2) is 14.3. The van der Waals surface area contributed by atoms with Crippen molar-refractivity contribution in [1.29, 1.82) is 0 Å². The van der Waals surface area contributed by atoms with Crippen LogP contribution in [-0.4, -0.2) is 67.9 Å². The second-order valence-electron chi connectivity index (χ2n) is 13.2. The van der Waals surface area contributed by atoms with Gasteiger partial charge in [-0.1, -0.05) is 30.7 Å². The summed E-state index contributed by atoms with van der Waals surface area (Å²) in [6.45, 7) is 13.0. The number of hydrogen-bond acceptors (Lipinski definition) is 6. The van der Waals surface area contributed by atoms with Crippen LogP contribution in [0.2, 0.25) is 0 Å². The van der Waals surface area contributed by atoms with Crippen LogP contribution in [0, 0.1) is 26.7 Å². The lowest BCUT2D eigenvalue weighted by atomic mass is 9.84. The van der Waals surface area contributed by atoms with Gasteiger partial charge in [0.1, 0.15) is 0 Å². The summed E-state index contributed by atoms with van der Waals surface area (Å²) in [6, 6.07) is 15.4. The van der Waals surface area contributed by atoms with E-state index in [2.05, 4.69) is 57.4 Å². The topological polar surface area (TPSA) is 86.9 Å². The number of aromatic amines is 1. The first-order valence-corrected chi connectivity index (χ1v) is 16.7. The van der Waals surface area contributed by atoms with Gasteiger partial charge < -0.3 is 24.7 Å². The summed E-state index contributed by atoms with van der Waals surface area (Å²) in [5, 5.41) is 3.09. The van der Waals surface area contributed by atoms with Gasteiger partial charge in [-0.3, -0.25) is 14.5 Å². The highest BCUT2D eigenvalue weighted by Gasteiger charge is 2.30. The van der Waals surface area contributed by atoms with Crippen LogP contribution in [0.5, 0.6) is 0 Å². The van der Waals surface area contributed by atoms with Crippen molar-refractivity contribution in [1.82, 2.24) is 15.2 Å². The molecule has 3 fully saturated rings. The molecule has 0 unspecified atom stereocenters. The molecule has 3 heterocycles. The minimum atomic E-state index is -0.158. The Kier molecular flexibility index (Phi) is 10.0. The molecule has 1 aliphatic carbocycles. The van der Waals surface area contributed by atoms with E-state index in [0.717, 1.165) is 99.1 Å². The fourth-order valence-corrected chi connectivity index (χ4v) is 6.98. The number of rotatable bonds is 10. The molecule has 2 aromatic carbocycles. The average molecular weight is 613 g/mol. The van der Waals surface area contributed by atoms with Crippen LogP contribution in [0.1, 0.15) is 70.4 Å². The van der Waals surface area contributed by atoms with Crippen molar-refractivity contribution in [3.05, 3.63) is 86.3 Å². The maximum absolute atomic E-state index is 14.0. The van der Waals surface area contributed by atoms with Crippen molar-refractivity contribution < 1.29 is 14.3 Å². The molecule has 0 spiro atoms. The molecule has 3 aliphatic rings. The van der Waals surface area contributed by atoms with Gasteiger partial charge in [-0.25, -0.2) is 0 Å². The molecule has 0 radical (unpaired) electrons. The van der Waals surface area contributed by atoms with E-state index in [1.54, 1.807) is 0 Å². The molecule has 6 rings (SSSR count). The Balaban J connectivity index is 1.34. The summed E-state index contributed by atoms with van der Waals surface area (Å²) >= 11 is 0. The van der Waals surface area contributed by atoms with Gasteiger partial charge in [0.05, 0.1) is 13.2 Å². The van der Waals surface area contributed by atoms with Gasteiger partial charge in [0.2, 0.25) is 0 Å². The van der Waals surface area contributed by atoms with Crippen LogP contribution >= 0.6 is 0 Å². The Morgan fingerprint density at radius 3 is 2.31 bits per heavy atom. The van der Waals surface area contributed by atoms with Crippen molar-refractivity contribution in [2.24, 2.45) is 5.92 Å². The Hall–Kier alpha value is -3.46. The lowest BCUT2D eigenvalue weighted by Gasteiger charge is -2.41. The van der Waals surface area contributed by atoms with Gasteiger partial charge in [0.25, 0.3) is 11.5 Å². The maximum atomic E-state index is 14.0. The fourth-order valence-electron chi connectivity index (χ4n) is 6.98. The van der Waals surface area contributed by atoms with E-state index in [1.165, 1.54) is 24.8 Å². The SMILES string of the molecule is Cc1cc(C)c(CNC(=O)c2cc(-c3ccc(CN4CCOCC4)cc3)cc(N(CC3CCC3)C3CCOCC3)c2C)c(=O)[nH]1. The molecular weight excluding hydrogens is 564 g/mol. The monoisotopic (exact) mass is 612 g/mol. The first kappa shape index (κ1) is 31.5. The number of H-pyrrole nitrogens is 1. The van der Waals surface area contributed by atoms with Crippen LogP contribution in [-0.2, 0) is 22.6 Å². The normalized spacial score (nSPS) is 18.0. The molecule has 0 bridgehead atoms. The average Bonchev–Trinajstić information content (AvgIpc) is 3.02.